The monoisotopic (exact) mass is 1410 g/mol. The van der Waals surface area contributed by atoms with E-state index in [4.69, 9.17) is 93.0 Å². The van der Waals surface area contributed by atoms with Crippen LogP contribution in [0.3, 0.4) is 0 Å². The standard InChI is InChI=1S/C70H86B4N12O17/c71-41-53-1-13-61(14-2-53)100-67(87)21-9-57-45-83(79-75-57)25-29-91-33-35-95-49-65(98-39-37-93-31-27-85-47-59(77-81-85)11-23-69(89)102-63-17-5-55(43-73)6-18-63)51-97-52-66(99-40-38-94-32-28-86-48-60(78-82-86)12-24-70(90)103-64-19-7-56(44-74)8-20-64)50-96-36-34-92-30-26-84-46-58(76-80-84)10-22-68(88)101-62-15-3-54(42-72)4-16-62/h1-8,13-20,45-48,65-66H,9-12,21-44,49-52H2. The van der Waals surface area contributed by atoms with Crippen LogP contribution in [0, 0.1) is 0 Å². The number of benzene rings is 4. The summed E-state index contributed by atoms with van der Waals surface area (Å²) < 4.78 is 82.8. The number of nitrogens with zero attached hydrogens (tertiary/aromatic N) is 12. The van der Waals surface area contributed by atoms with E-state index >= 15 is 0 Å². The molecular formula is C70H86B4N12O17. The second kappa shape index (κ2) is 46.8. The number of carbonyl (C=O) groups is 4. The lowest BCUT2D eigenvalue weighted by atomic mass is 9.97. The van der Waals surface area contributed by atoms with Crippen LogP contribution in [-0.4, -0.2) is 233 Å². The number of carbonyl (C=O) groups excluding carboxylic acids is 4. The number of aryl methyl sites for hydroxylation is 4. The summed E-state index contributed by atoms with van der Waals surface area (Å²) in [7, 11) is 22.7. The van der Waals surface area contributed by atoms with E-state index < -0.39 is 12.2 Å². The summed E-state index contributed by atoms with van der Waals surface area (Å²) >= 11 is 0. The molecule has 4 heterocycles. The van der Waals surface area contributed by atoms with Gasteiger partial charge in [-0.3, -0.25) is 19.2 Å². The van der Waals surface area contributed by atoms with Gasteiger partial charge in [0.2, 0.25) is 0 Å². The van der Waals surface area contributed by atoms with E-state index in [1.807, 2.05) is 48.5 Å². The summed E-state index contributed by atoms with van der Waals surface area (Å²) in [5, 5.41) is 33.5. The van der Waals surface area contributed by atoms with Crippen LogP contribution >= 0.6 is 0 Å². The smallest absolute Gasteiger partial charge is 0.311 e. The summed E-state index contributed by atoms with van der Waals surface area (Å²) in [6.07, 6.45) is 9.58. The van der Waals surface area contributed by atoms with Gasteiger partial charge in [-0.2, -0.15) is 0 Å². The Morgan fingerprint density at radius 2 is 0.534 bits per heavy atom. The first kappa shape index (κ1) is 79.9. The van der Waals surface area contributed by atoms with Gasteiger partial charge in [0.05, 0.1) is 212 Å². The molecule has 8 aromatic rings. The Hall–Kier alpha value is -8.78. The minimum atomic E-state index is -0.520. The number of rotatable bonds is 54. The predicted molar refractivity (Wildman–Crippen MR) is 375 cm³/mol. The van der Waals surface area contributed by atoms with Gasteiger partial charge in [0.15, 0.2) is 0 Å². The van der Waals surface area contributed by atoms with Crippen molar-refractivity contribution in [3.05, 3.63) is 167 Å². The van der Waals surface area contributed by atoms with Crippen molar-refractivity contribution in [1.29, 1.82) is 0 Å². The molecule has 33 heteroatoms. The van der Waals surface area contributed by atoms with Crippen LogP contribution in [0.15, 0.2) is 122 Å². The average molecular weight is 1410 g/mol. The fourth-order valence-corrected chi connectivity index (χ4v) is 9.55. The number of ether oxygens (including phenoxy) is 13. The van der Waals surface area contributed by atoms with Gasteiger partial charge >= 0.3 is 23.9 Å². The molecule has 0 fully saturated rings. The van der Waals surface area contributed by atoms with Crippen LogP contribution < -0.4 is 18.9 Å². The molecule has 8 radical (unpaired) electrons. The molecule has 0 N–H and O–H groups in total. The van der Waals surface area contributed by atoms with Crippen molar-refractivity contribution in [2.45, 2.75) is 115 Å². The molecule has 0 amide bonds. The lowest BCUT2D eigenvalue weighted by Gasteiger charge is -2.22. The van der Waals surface area contributed by atoms with Gasteiger partial charge in [0.1, 0.15) is 35.2 Å². The summed E-state index contributed by atoms with van der Waals surface area (Å²) in [6.45, 7) is 5.62. The largest absolute Gasteiger partial charge is 0.427 e. The third-order valence-electron chi connectivity index (χ3n) is 15.2. The molecule has 540 valence electrons. The molecule has 29 nitrogen and oxygen atoms in total. The van der Waals surface area contributed by atoms with E-state index in [-0.39, 0.29) is 129 Å². The Bertz CT molecular complexity index is 3460. The topological polar surface area (TPSA) is 311 Å². The zero-order valence-corrected chi connectivity index (χ0v) is 57.9. The first-order valence-corrected chi connectivity index (χ1v) is 34.3. The maximum atomic E-state index is 12.5. The van der Waals surface area contributed by atoms with Crippen molar-refractivity contribution in [1.82, 2.24) is 60.0 Å². The third-order valence-corrected chi connectivity index (χ3v) is 15.2. The van der Waals surface area contributed by atoms with E-state index in [1.54, 1.807) is 92.0 Å². The first-order chi connectivity index (χ1) is 50.4. The summed E-state index contributed by atoms with van der Waals surface area (Å²) in [5.41, 5.74) is 6.32. The molecule has 4 aromatic heterocycles. The zero-order valence-electron chi connectivity index (χ0n) is 57.9. The summed E-state index contributed by atoms with van der Waals surface area (Å²) in [6, 6.07) is 28.2. The van der Waals surface area contributed by atoms with E-state index in [2.05, 4.69) is 41.2 Å². The highest BCUT2D eigenvalue weighted by atomic mass is 16.6. The molecule has 0 spiro atoms. The van der Waals surface area contributed by atoms with Gasteiger partial charge in [-0.05, 0) is 48.5 Å². The lowest BCUT2D eigenvalue weighted by molar-refractivity contribution is -0.135. The van der Waals surface area contributed by atoms with Gasteiger partial charge in [-0.25, -0.2) is 18.7 Å². The van der Waals surface area contributed by atoms with E-state index in [1.165, 1.54) is 0 Å². The number of aromatic nitrogens is 12. The molecule has 0 saturated carbocycles. The van der Waals surface area contributed by atoms with E-state index in [0.29, 0.717) is 149 Å². The fourth-order valence-electron chi connectivity index (χ4n) is 9.55. The number of esters is 4. The van der Waals surface area contributed by atoms with Crippen LogP contribution in [0.5, 0.6) is 23.0 Å². The minimum Gasteiger partial charge on any atom is -0.427 e. The number of hydrogen-bond donors (Lipinski definition) is 0. The average Bonchev–Trinajstić information content (AvgIpc) is 2.01. The molecular weight excluding hydrogens is 1320 g/mol. The number of hydrogen-bond acceptors (Lipinski definition) is 25. The molecule has 4 aromatic carbocycles. The van der Waals surface area contributed by atoms with Gasteiger partial charge in [-0.15, -0.1) is 20.4 Å². The molecule has 2 atom stereocenters. The molecule has 8 rings (SSSR count). The molecule has 103 heavy (non-hydrogen) atoms. The zero-order chi connectivity index (χ0) is 72.3. The van der Waals surface area contributed by atoms with Crippen molar-refractivity contribution in [3.8, 4) is 23.0 Å². The minimum absolute atomic E-state index is 0.127. The quantitative estimate of drug-likeness (QED) is 0.0226. The second-order valence-electron chi connectivity index (χ2n) is 23.3. The van der Waals surface area contributed by atoms with Gasteiger partial charge in [0, 0.05) is 50.5 Å². The Morgan fingerprint density at radius 3 is 0.786 bits per heavy atom. The molecule has 0 saturated heterocycles. The fraction of sp³-hybridized carbons (Fsp3) is 0.486. The Labute approximate surface area is 604 Å². The Morgan fingerprint density at radius 1 is 0.301 bits per heavy atom. The highest BCUT2D eigenvalue weighted by Gasteiger charge is 2.18. The van der Waals surface area contributed by atoms with Crippen LogP contribution in [0.1, 0.15) is 70.7 Å². The molecule has 2 unspecified atom stereocenters. The second-order valence-corrected chi connectivity index (χ2v) is 23.3. The van der Waals surface area contributed by atoms with Gasteiger partial charge in [0.25, 0.3) is 0 Å². The summed E-state index contributed by atoms with van der Waals surface area (Å²) in [5.74, 6) is 0.263. The van der Waals surface area contributed by atoms with Gasteiger partial charge < -0.3 is 61.6 Å². The molecule has 0 aliphatic heterocycles. The van der Waals surface area contributed by atoms with Crippen molar-refractivity contribution < 1.29 is 80.8 Å². The molecule has 0 aliphatic carbocycles. The van der Waals surface area contributed by atoms with Crippen molar-refractivity contribution >= 4 is 55.3 Å². The van der Waals surface area contributed by atoms with Crippen molar-refractivity contribution in [3.63, 3.8) is 0 Å². The Kier molecular flexibility index (Phi) is 36.3. The SMILES string of the molecule is [B]Cc1ccc(OC(=O)CCc2cn(CCOCCOCC(COCC(COCCOCCn3cc(CCC(=O)Oc4ccc(C[B])cc4)nn3)OCCOCCn3cc(CCC(=O)Oc4ccc(C[B])cc4)nn3)OCCOCCn3cc(CCC(=O)Oc4ccc(C[B])cc4)nn3)nn2)cc1. The first-order valence-electron chi connectivity index (χ1n) is 34.3. The van der Waals surface area contributed by atoms with Crippen LogP contribution in [0.2, 0.25) is 0 Å². The lowest BCUT2D eigenvalue weighted by Crippen LogP contribution is -2.32. The van der Waals surface area contributed by atoms with E-state index in [0.717, 1.165) is 22.3 Å². The van der Waals surface area contributed by atoms with Crippen LogP contribution in [0.25, 0.3) is 0 Å². The third kappa shape index (κ3) is 32.2. The summed E-state index contributed by atoms with van der Waals surface area (Å²) in [4.78, 5) is 49.9. The predicted octanol–water partition coefficient (Wildman–Crippen LogP) is 3.87. The highest BCUT2D eigenvalue weighted by molar-refractivity contribution is 6.09. The Balaban J connectivity index is 0.767. The van der Waals surface area contributed by atoms with Crippen LogP contribution in [-0.2, 0) is 139 Å². The van der Waals surface area contributed by atoms with Crippen molar-refractivity contribution in [2.75, 3.05) is 106 Å². The van der Waals surface area contributed by atoms with Gasteiger partial charge in [-0.1, -0.05) is 117 Å². The highest BCUT2D eigenvalue weighted by Crippen LogP contribution is 2.18. The van der Waals surface area contributed by atoms with E-state index in [9.17, 15) is 19.2 Å². The molecule has 0 bridgehead atoms. The molecule has 0 aliphatic rings. The van der Waals surface area contributed by atoms with Crippen molar-refractivity contribution in [2.24, 2.45) is 0 Å². The maximum Gasteiger partial charge on any atom is 0.311 e. The normalized spacial score (nSPS) is 12.0. The van der Waals surface area contributed by atoms with Crippen LogP contribution in [0.4, 0.5) is 0 Å². The maximum absolute atomic E-state index is 12.5.